The predicted molar refractivity (Wildman–Crippen MR) is 76.6 cm³/mol. The third-order valence-electron chi connectivity index (χ3n) is 3.22. The summed E-state index contributed by atoms with van der Waals surface area (Å²) in [6, 6.07) is 5.72. The van der Waals surface area contributed by atoms with Crippen LogP contribution in [-0.4, -0.2) is 25.7 Å². The molecule has 1 aliphatic rings. The fourth-order valence-electron chi connectivity index (χ4n) is 2.21. The third-order valence-corrected chi connectivity index (χ3v) is 3.84. The fourth-order valence-corrected chi connectivity index (χ4v) is 2.68. The van der Waals surface area contributed by atoms with E-state index in [1.54, 1.807) is 19.2 Å². The first-order valence-electron chi connectivity index (χ1n) is 6.45. The van der Waals surface area contributed by atoms with Gasteiger partial charge in [-0.25, -0.2) is 0 Å². The van der Waals surface area contributed by atoms with Gasteiger partial charge in [0.2, 0.25) is 0 Å². The summed E-state index contributed by atoms with van der Waals surface area (Å²) in [7, 11) is 1.61. The smallest absolute Gasteiger partial charge is 0.258 e. The number of ether oxygens (including phenoxy) is 2. The van der Waals surface area contributed by atoms with Crippen LogP contribution >= 0.6 is 15.9 Å². The first-order valence-corrected chi connectivity index (χ1v) is 7.24. The zero-order chi connectivity index (χ0) is 13.7. The van der Waals surface area contributed by atoms with Gasteiger partial charge in [0.25, 0.3) is 5.91 Å². The molecule has 104 valence electrons. The highest BCUT2D eigenvalue weighted by molar-refractivity contribution is 9.10. The Hall–Kier alpha value is -1.23. The highest BCUT2D eigenvalue weighted by Crippen LogP contribution is 2.29. The SMILES string of the molecule is COc1ccc(OCC(=O)NC2CCCC2)c(Br)c1. The fraction of sp³-hybridized carbons (Fsp3) is 0.500. The van der Waals surface area contributed by atoms with E-state index >= 15 is 0 Å². The van der Waals surface area contributed by atoms with Crippen molar-refractivity contribution in [3.8, 4) is 11.5 Å². The van der Waals surface area contributed by atoms with E-state index in [1.807, 2.05) is 6.07 Å². The third kappa shape index (κ3) is 4.13. The Morgan fingerprint density at radius 1 is 1.42 bits per heavy atom. The molecule has 0 saturated heterocycles. The normalized spacial score (nSPS) is 15.3. The number of amides is 1. The van der Waals surface area contributed by atoms with Gasteiger partial charge in [0.1, 0.15) is 11.5 Å². The molecule has 0 radical (unpaired) electrons. The van der Waals surface area contributed by atoms with E-state index in [9.17, 15) is 4.79 Å². The van der Waals surface area contributed by atoms with Crippen LogP contribution in [-0.2, 0) is 4.79 Å². The largest absolute Gasteiger partial charge is 0.497 e. The van der Waals surface area contributed by atoms with Crippen molar-refractivity contribution in [3.63, 3.8) is 0 Å². The van der Waals surface area contributed by atoms with Crippen LogP contribution in [0.3, 0.4) is 0 Å². The summed E-state index contributed by atoms with van der Waals surface area (Å²) < 4.78 is 11.4. The molecule has 0 unspecified atom stereocenters. The number of nitrogens with one attached hydrogen (secondary N) is 1. The molecule has 19 heavy (non-hydrogen) atoms. The van der Waals surface area contributed by atoms with Gasteiger partial charge in [-0.05, 0) is 47.0 Å². The average molecular weight is 328 g/mol. The van der Waals surface area contributed by atoms with Crippen molar-refractivity contribution < 1.29 is 14.3 Å². The van der Waals surface area contributed by atoms with Crippen molar-refractivity contribution in [2.24, 2.45) is 0 Å². The van der Waals surface area contributed by atoms with Crippen molar-refractivity contribution >= 4 is 21.8 Å². The van der Waals surface area contributed by atoms with Crippen LogP contribution in [0.1, 0.15) is 25.7 Å². The van der Waals surface area contributed by atoms with Gasteiger partial charge in [0, 0.05) is 6.04 Å². The van der Waals surface area contributed by atoms with Gasteiger partial charge in [0.05, 0.1) is 11.6 Å². The standard InChI is InChI=1S/C14H18BrNO3/c1-18-11-6-7-13(12(15)8-11)19-9-14(17)16-10-4-2-3-5-10/h6-8,10H,2-5,9H2,1H3,(H,16,17). The first-order chi connectivity index (χ1) is 9.19. The number of hydrogen-bond acceptors (Lipinski definition) is 3. The van der Waals surface area contributed by atoms with Gasteiger partial charge in [0.15, 0.2) is 6.61 Å². The predicted octanol–water partition coefficient (Wildman–Crippen LogP) is 2.90. The van der Waals surface area contributed by atoms with Crippen LogP contribution < -0.4 is 14.8 Å². The quantitative estimate of drug-likeness (QED) is 0.904. The minimum atomic E-state index is -0.0605. The van der Waals surface area contributed by atoms with Crippen LogP contribution in [0.25, 0.3) is 0 Å². The van der Waals surface area contributed by atoms with Gasteiger partial charge in [-0.2, -0.15) is 0 Å². The molecule has 0 spiro atoms. The zero-order valence-corrected chi connectivity index (χ0v) is 12.5. The summed E-state index contributed by atoms with van der Waals surface area (Å²) in [6.07, 6.45) is 4.57. The van der Waals surface area contributed by atoms with Gasteiger partial charge in [-0.15, -0.1) is 0 Å². The van der Waals surface area contributed by atoms with E-state index in [4.69, 9.17) is 9.47 Å². The minimum Gasteiger partial charge on any atom is -0.497 e. The average Bonchev–Trinajstić information content (AvgIpc) is 2.90. The molecule has 1 amide bonds. The van der Waals surface area contributed by atoms with E-state index in [0.717, 1.165) is 23.1 Å². The highest BCUT2D eigenvalue weighted by Gasteiger charge is 2.17. The molecule has 0 bridgehead atoms. The van der Waals surface area contributed by atoms with Crippen molar-refractivity contribution in [2.45, 2.75) is 31.7 Å². The second-order valence-electron chi connectivity index (χ2n) is 4.63. The topological polar surface area (TPSA) is 47.6 Å². The monoisotopic (exact) mass is 327 g/mol. The number of carbonyl (C=O) groups is 1. The molecule has 1 aliphatic carbocycles. The van der Waals surface area contributed by atoms with Crippen molar-refractivity contribution in [1.82, 2.24) is 5.32 Å². The molecular weight excluding hydrogens is 310 g/mol. The Kier molecular flexibility index (Phi) is 5.07. The molecule has 2 rings (SSSR count). The van der Waals surface area contributed by atoms with Gasteiger partial charge in [-0.3, -0.25) is 4.79 Å². The number of rotatable bonds is 5. The Morgan fingerprint density at radius 3 is 2.79 bits per heavy atom. The van der Waals surface area contributed by atoms with E-state index in [0.29, 0.717) is 11.8 Å². The zero-order valence-electron chi connectivity index (χ0n) is 10.9. The molecule has 1 aromatic rings. The summed E-state index contributed by atoms with van der Waals surface area (Å²) in [5.41, 5.74) is 0. The minimum absolute atomic E-state index is 0.0431. The van der Waals surface area contributed by atoms with Gasteiger partial charge in [-0.1, -0.05) is 12.8 Å². The van der Waals surface area contributed by atoms with Crippen molar-refractivity contribution in [2.75, 3.05) is 13.7 Å². The molecule has 1 saturated carbocycles. The first kappa shape index (κ1) is 14.2. The van der Waals surface area contributed by atoms with Crippen LogP contribution in [0.5, 0.6) is 11.5 Å². The second kappa shape index (κ2) is 6.80. The number of methoxy groups -OCH3 is 1. The van der Waals surface area contributed by atoms with Crippen molar-refractivity contribution in [1.29, 1.82) is 0 Å². The van der Waals surface area contributed by atoms with Crippen LogP contribution in [0.4, 0.5) is 0 Å². The van der Waals surface area contributed by atoms with Crippen LogP contribution in [0, 0.1) is 0 Å². The maximum Gasteiger partial charge on any atom is 0.258 e. The summed E-state index contributed by atoms with van der Waals surface area (Å²) >= 11 is 3.39. The molecule has 0 aliphatic heterocycles. The van der Waals surface area contributed by atoms with Gasteiger partial charge < -0.3 is 14.8 Å². The van der Waals surface area contributed by atoms with E-state index in [2.05, 4.69) is 21.2 Å². The molecule has 4 nitrogen and oxygen atoms in total. The van der Waals surface area contributed by atoms with E-state index < -0.39 is 0 Å². The summed E-state index contributed by atoms with van der Waals surface area (Å²) in [5.74, 6) is 1.33. The molecule has 1 fully saturated rings. The van der Waals surface area contributed by atoms with Crippen LogP contribution in [0.2, 0.25) is 0 Å². The maximum atomic E-state index is 11.7. The Bertz CT molecular complexity index is 444. The molecule has 5 heteroatoms. The Labute approximate surface area is 121 Å². The van der Waals surface area contributed by atoms with E-state index in [-0.39, 0.29) is 12.5 Å². The number of hydrogen-bond donors (Lipinski definition) is 1. The Morgan fingerprint density at radius 2 is 2.16 bits per heavy atom. The molecule has 0 aromatic heterocycles. The lowest BCUT2D eigenvalue weighted by Crippen LogP contribution is -2.36. The lowest BCUT2D eigenvalue weighted by molar-refractivity contribution is -0.123. The summed E-state index contributed by atoms with van der Waals surface area (Å²) in [4.78, 5) is 11.7. The van der Waals surface area contributed by atoms with Crippen molar-refractivity contribution in [3.05, 3.63) is 22.7 Å². The number of benzene rings is 1. The lowest BCUT2D eigenvalue weighted by Gasteiger charge is -2.13. The summed E-state index contributed by atoms with van der Waals surface area (Å²) in [5, 5.41) is 2.99. The maximum absolute atomic E-state index is 11.7. The molecule has 1 N–H and O–H groups in total. The number of halogens is 1. The molecule has 0 heterocycles. The number of carbonyl (C=O) groups excluding carboxylic acids is 1. The highest BCUT2D eigenvalue weighted by atomic mass is 79.9. The molecular formula is C14H18BrNO3. The lowest BCUT2D eigenvalue weighted by atomic mass is 10.2. The molecule has 1 aromatic carbocycles. The second-order valence-corrected chi connectivity index (χ2v) is 5.49. The Balaban J connectivity index is 1.82. The van der Waals surface area contributed by atoms with Gasteiger partial charge >= 0.3 is 0 Å². The molecule has 0 atom stereocenters. The summed E-state index contributed by atoms with van der Waals surface area (Å²) in [6.45, 7) is 0.0431. The van der Waals surface area contributed by atoms with Crippen LogP contribution in [0.15, 0.2) is 22.7 Å². The van der Waals surface area contributed by atoms with E-state index in [1.165, 1.54) is 12.8 Å².